The van der Waals surface area contributed by atoms with Crippen LogP contribution in [0.1, 0.15) is 15.2 Å². The summed E-state index contributed by atoms with van der Waals surface area (Å²) in [5, 5.41) is 4.10. The molecule has 0 radical (unpaired) electrons. The van der Waals surface area contributed by atoms with Crippen molar-refractivity contribution in [3.63, 3.8) is 0 Å². The van der Waals surface area contributed by atoms with Gasteiger partial charge in [0.2, 0.25) is 0 Å². The molecule has 4 aromatic rings. The summed E-state index contributed by atoms with van der Waals surface area (Å²) >= 11 is 1.52. The van der Waals surface area contributed by atoms with Crippen LogP contribution in [-0.2, 0) is 6.54 Å². The number of nitrogens with zero attached hydrogens (tertiary/aromatic N) is 1. The highest BCUT2D eigenvalue weighted by molar-refractivity contribution is 7.20. The Labute approximate surface area is 150 Å². The van der Waals surface area contributed by atoms with E-state index in [1.165, 1.54) is 11.3 Å². The minimum Gasteiger partial charge on any atom is -0.347 e. The number of nitrogens with one attached hydrogen (secondary N) is 1. The Morgan fingerprint density at radius 2 is 1.80 bits per heavy atom. The molecule has 0 aliphatic rings. The van der Waals surface area contributed by atoms with Crippen molar-refractivity contribution < 1.29 is 4.79 Å². The van der Waals surface area contributed by atoms with E-state index in [1.54, 1.807) is 6.20 Å². The first-order chi connectivity index (χ1) is 12.3. The molecule has 0 aliphatic carbocycles. The summed E-state index contributed by atoms with van der Waals surface area (Å²) in [6.07, 6.45) is 3.61. The first kappa shape index (κ1) is 15.5. The van der Waals surface area contributed by atoms with Crippen LogP contribution in [0, 0.1) is 0 Å². The molecule has 122 valence electrons. The first-order valence-corrected chi connectivity index (χ1v) is 8.87. The Balaban J connectivity index is 1.43. The predicted octanol–water partition coefficient (Wildman–Crippen LogP) is 4.89. The molecule has 1 N–H and O–H groups in total. The van der Waals surface area contributed by atoms with Crippen molar-refractivity contribution in [1.29, 1.82) is 0 Å². The van der Waals surface area contributed by atoms with E-state index < -0.39 is 0 Å². The van der Waals surface area contributed by atoms with E-state index in [9.17, 15) is 4.79 Å². The van der Waals surface area contributed by atoms with E-state index in [1.807, 2.05) is 60.8 Å². The molecule has 2 aromatic carbocycles. The standard InChI is InChI=1S/C21H16N2OS/c24-21(20-12-17-4-1-2-6-19(17)25-20)23-13-15-7-9-16(10-8-15)18-5-3-11-22-14-18/h1-12,14H,13H2,(H,23,24). The predicted molar refractivity (Wildman–Crippen MR) is 103 cm³/mol. The molecule has 2 aromatic heterocycles. The van der Waals surface area contributed by atoms with Gasteiger partial charge in [-0.15, -0.1) is 11.3 Å². The molecule has 3 nitrogen and oxygen atoms in total. The smallest absolute Gasteiger partial charge is 0.261 e. The normalized spacial score (nSPS) is 10.7. The van der Waals surface area contributed by atoms with Crippen LogP contribution in [0.2, 0.25) is 0 Å². The van der Waals surface area contributed by atoms with Crippen LogP contribution in [0.4, 0.5) is 0 Å². The lowest BCUT2D eigenvalue weighted by molar-refractivity contribution is 0.0955. The molecule has 0 saturated carbocycles. The minimum atomic E-state index is -0.0301. The van der Waals surface area contributed by atoms with Gasteiger partial charge in [0.05, 0.1) is 4.88 Å². The van der Waals surface area contributed by atoms with Gasteiger partial charge in [0.15, 0.2) is 0 Å². The third-order valence-corrected chi connectivity index (χ3v) is 5.17. The van der Waals surface area contributed by atoms with Gasteiger partial charge in [-0.05, 0) is 40.3 Å². The molecule has 25 heavy (non-hydrogen) atoms. The Morgan fingerprint density at radius 1 is 0.960 bits per heavy atom. The second-order valence-electron chi connectivity index (χ2n) is 5.77. The van der Waals surface area contributed by atoms with Gasteiger partial charge >= 0.3 is 0 Å². The Bertz CT molecular complexity index is 974. The van der Waals surface area contributed by atoms with E-state index in [2.05, 4.69) is 22.4 Å². The molecule has 0 fully saturated rings. The molecular formula is C21H16N2OS. The molecule has 0 bridgehead atoms. The Hall–Kier alpha value is -2.98. The van der Waals surface area contributed by atoms with Crippen LogP contribution in [-0.4, -0.2) is 10.9 Å². The van der Waals surface area contributed by atoms with Crippen molar-refractivity contribution in [2.45, 2.75) is 6.54 Å². The quantitative estimate of drug-likeness (QED) is 0.572. The van der Waals surface area contributed by atoms with E-state index in [0.717, 1.165) is 31.7 Å². The highest BCUT2D eigenvalue weighted by Crippen LogP contribution is 2.25. The lowest BCUT2D eigenvalue weighted by Gasteiger charge is -2.06. The number of fused-ring (bicyclic) bond motifs is 1. The van der Waals surface area contributed by atoms with Crippen LogP contribution in [0.3, 0.4) is 0 Å². The molecule has 0 saturated heterocycles. The number of carbonyl (C=O) groups excluding carboxylic acids is 1. The molecule has 0 atom stereocenters. The highest BCUT2D eigenvalue weighted by atomic mass is 32.1. The fourth-order valence-electron chi connectivity index (χ4n) is 2.71. The number of carbonyl (C=O) groups is 1. The zero-order valence-electron chi connectivity index (χ0n) is 13.5. The number of hydrogen-bond acceptors (Lipinski definition) is 3. The van der Waals surface area contributed by atoms with Gasteiger partial charge in [0.25, 0.3) is 5.91 Å². The van der Waals surface area contributed by atoms with Gasteiger partial charge in [0.1, 0.15) is 0 Å². The van der Waals surface area contributed by atoms with Crippen molar-refractivity contribution in [2.24, 2.45) is 0 Å². The third-order valence-electron chi connectivity index (χ3n) is 4.05. The van der Waals surface area contributed by atoms with Crippen LogP contribution in [0.5, 0.6) is 0 Å². The van der Waals surface area contributed by atoms with E-state index >= 15 is 0 Å². The average molecular weight is 344 g/mol. The Morgan fingerprint density at radius 3 is 2.56 bits per heavy atom. The molecule has 1 amide bonds. The largest absolute Gasteiger partial charge is 0.347 e. The number of pyridine rings is 1. The maximum absolute atomic E-state index is 12.4. The minimum absolute atomic E-state index is 0.0301. The molecule has 2 heterocycles. The fraction of sp³-hybridized carbons (Fsp3) is 0.0476. The molecule has 0 unspecified atom stereocenters. The highest BCUT2D eigenvalue weighted by Gasteiger charge is 2.09. The van der Waals surface area contributed by atoms with Crippen molar-refractivity contribution >= 4 is 27.3 Å². The third kappa shape index (κ3) is 3.44. The zero-order valence-corrected chi connectivity index (χ0v) is 14.3. The van der Waals surface area contributed by atoms with Crippen molar-refractivity contribution in [3.05, 3.63) is 89.6 Å². The summed E-state index contributed by atoms with van der Waals surface area (Å²) < 4.78 is 1.13. The second-order valence-corrected chi connectivity index (χ2v) is 6.85. The lowest BCUT2D eigenvalue weighted by atomic mass is 10.1. The maximum Gasteiger partial charge on any atom is 0.261 e. The molecule has 0 spiro atoms. The molecule has 0 aliphatic heterocycles. The SMILES string of the molecule is O=C(NCc1ccc(-c2cccnc2)cc1)c1cc2ccccc2s1. The van der Waals surface area contributed by atoms with E-state index in [4.69, 9.17) is 0 Å². The summed E-state index contributed by atoms with van der Waals surface area (Å²) in [5.74, 6) is -0.0301. The van der Waals surface area contributed by atoms with Gasteiger partial charge in [-0.1, -0.05) is 48.5 Å². The molecule has 4 heteroatoms. The average Bonchev–Trinajstić information content (AvgIpc) is 3.11. The van der Waals surface area contributed by atoms with E-state index in [-0.39, 0.29) is 5.91 Å². The summed E-state index contributed by atoms with van der Waals surface area (Å²) in [5.41, 5.74) is 3.28. The number of aromatic nitrogens is 1. The van der Waals surface area contributed by atoms with Gasteiger partial charge in [-0.2, -0.15) is 0 Å². The zero-order chi connectivity index (χ0) is 17.1. The van der Waals surface area contributed by atoms with Crippen LogP contribution in [0.15, 0.2) is 79.1 Å². The lowest BCUT2D eigenvalue weighted by Crippen LogP contribution is -2.21. The second kappa shape index (κ2) is 6.87. The monoisotopic (exact) mass is 344 g/mol. The molecule has 4 rings (SSSR count). The summed E-state index contributed by atoms with van der Waals surface area (Å²) in [7, 11) is 0. The summed E-state index contributed by atoms with van der Waals surface area (Å²) in [6, 6.07) is 22.1. The van der Waals surface area contributed by atoms with Crippen LogP contribution in [0.25, 0.3) is 21.2 Å². The van der Waals surface area contributed by atoms with Crippen molar-refractivity contribution in [2.75, 3.05) is 0 Å². The molecular weight excluding hydrogens is 328 g/mol. The van der Waals surface area contributed by atoms with Crippen LogP contribution >= 0.6 is 11.3 Å². The van der Waals surface area contributed by atoms with Gasteiger partial charge in [-0.25, -0.2) is 0 Å². The summed E-state index contributed by atoms with van der Waals surface area (Å²) in [6.45, 7) is 0.514. The summed E-state index contributed by atoms with van der Waals surface area (Å²) in [4.78, 5) is 17.2. The van der Waals surface area contributed by atoms with Crippen molar-refractivity contribution in [3.8, 4) is 11.1 Å². The first-order valence-electron chi connectivity index (χ1n) is 8.06. The van der Waals surface area contributed by atoms with Crippen molar-refractivity contribution in [1.82, 2.24) is 10.3 Å². The number of amides is 1. The number of thiophene rings is 1. The topological polar surface area (TPSA) is 42.0 Å². The van der Waals surface area contributed by atoms with Gasteiger partial charge < -0.3 is 5.32 Å². The number of rotatable bonds is 4. The van der Waals surface area contributed by atoms with Gasteiger partial charge in [0, 0.05) is 23.6 Å². The number of benzene rings is 2. The maximum atomic E-state index is 12.4. The van der Waals surface area contributed by atoms with Crippen LogP contribution < -0.4 is 5.32 Å². The number of hydrogen-bond donors (Lipinski definition) is 1. The fourth-order valence-corrected chi connectivity index (χ4v) is 3.69. The van der Waals surface area contributed by atoms with Gasteiger partial charge in [-0.3, -0.25) is 9.78 Å². The van der Waals surface area contributed by atoms with E-state index in [0.29, 0.717) is 6.54 Å². The Kier molecular flexibility index (Phi) is 4.27.